The van der Waals surface area contributed by atoms with Crippen molar-refractivity contribution in [1.82, 2.24) is 9.97 Å². The maximum absolute atomic E-state index is 10.9. The van der Waals surface area contributed by atoms with Crippen molar-refractivity contribution in [3.05, 3.63) is 21.6 Å². The van der Waals surface area contributed by atoms with Crippen LogP contribution in [-0.2, 0) is 21.8 Å². The van der Waals surface area contributed by atoms with Gasteiger partial charge in [0.1, 0.15) is 0 Å². The third-order valence-electron chi connectivity index (χ3n) is 2.36. The molecule has 0 spiro atoms. The Morgan fingerprint density at radius 3 is 2.86 bits per heavy atom. The van der Waals surface area contributed by atoms with Gasteiger partial charge in [0.05, 0.1) is 17.8 Å². The summed E-state index contributed by atoms with van der Waals surface area (Å²) in [5, 5.41) is 13.9. The smallest absolute Gasteiger partial charge is 0.308 e. The van der Waals surface area contributed by atoms with Crippen LogP contribution < -0.4 is 5.32 Å². The second kappa shape index (κ2) is 7.01. The molecule has 9 heteroatoms. The van der Waals surface area contributed by atoms with E-state index < -0.39 is 5.97 Å². The van der Waals surface area contributed by atoms with Gasteiger partial charge in [0.25, 0.3) is 0 Å². The number of nitrogens with zero attached hydrogens (tertiary/aromatic N) is 2. The molecule has 0 bridgehead atoms. The third kappa shape index (κ3) is 4.80. The molecule has 0 aliphatic rings. The van der Waals surface area contributed by atoms with Gasteiger partial charge in [-0.05, 0) is 6.92 Å². The minimum absolute atomic E-state index is 0.00738. The number of anilines is 1. The lowest BCUT2D eigenvalue weighted by molar-refractivity contribution is -0.136. The molecule has 2 N–H and O–H groups in total. The first-order valence-electron chi connectivity index (χ1n) is 5.97. The Hall–Kier alpha value is -1.45. The monoisotopic (exact) mass is 343 g/mol. The Balaban J connectivity index is 1.95. The van der Waals surface area contributed by atoms with E-state index in [2.05, 4.69) is 15.3 Å². The molecule has 112 valence electrons. The van der Waals surface area contributed by atoms with E-state index >= 15 is 0 Å². The minimum atomic E-state index is -0.849. The summed E-state index contributed by atoms with van der Waals surface area (Å²) in [5.74, 6) is -0.356. The fourth-order valence-corrected chi connectivity index (χ4v) is 4.46. The van der Waals surface area contributed by atoms with Crippen LogP contribution in [-0.4, -0.2) is 27.0 Å². The molecular formula is C12H13N3O3S3. The molecule has 0 saturated carbocycles. The molecule has 0 aliphatic heterocycles. The molecule has 2 aromatic heterocycles. The highest BCUT2D eigenvalue weighted by Gasteiger charge is 2.12. The van der Waals surface area contributed by atoms with Gasteiger partial charge in [-0.25, -0.2) is 9.97 Å². The van der Waals surface area contributed by atoms with Crippen LogP contribution in [0.25, 0.3) is 0 Å². The molecule has 0 aromatic carbocycles. The first-order chi connectivity index (χ1) is 9.94. The molecule has 0 aliphatic carbocycles. The quantitative estimate of drug-likeness (QED) is 0.784. The number of aromatic nitrogens is 2. The number of hydrogen-bond donors (Lipinski definition) is 2. The second-order valence-corrected chi connectivity index (χ2v) is 7.34. The zero-order chi connectivity index (χ0) is 15.4. The summed E-state index contributed by atoms with van der Waals surface area (Å²) < 4.78 is 0.831. The Labute approximate surface area is 133 Å². The lowest BCUT2D eigenvalue weighted by Gasteiger charge is -1.94. The molecule has 0 atom stereocenters. The molecular weight excluding hydrogens is 330 g/mol. The van der Waals surface area contributed by atoms with Crippen molar-refractivity contribution >= 4 is 51.4 Å². The number of thioether (sulfide) groups is 1. The van der Waals surface area contributed by atoms with Crippen LogP contribution in [0.3, 0.4) is 0 Å². The van der Waals surface area contributed by atoms with Gasteiger partial charge in [-0.3, -0.25) is 9.59 Å². The molecule has 2 rings (SSSR count). The molecule has 2 aromatic rings. The average Bonchev–Trinajstić information content (AvgIpc) is 2.93. The van der Waals surface area contributed by atoms with E-state index in [4.69, 9.17) is 5.11 Å². The highest BCUT2D eigenvalue weighted by atomic mass is 32.2. The van der Waals surface area contributed by atoms with Crippen molar-refractivity contribution in [2.45, 2.75) is 30.4 Å². The SMILES string of the molecule is CC(=O)Nc1nc(CSc2nc(C)c(CC(=O)O)s2)cs1. The summed E-state index contributed by atoms with van der Waals surface area (Å²) in [4.78, 5) is 31.1. The first kappa shape index (κ1) is 15.9. The van der Waals surface area contributed by atoms with Crippen LogP contribution in [0.15, 0.2) is 9.72 Å². The number of carboxylic acids is 1. The zero-order valence-electron chi connectivity index (χ0n) is 11.4. The number of nitrogens with one attached hydrogen (secondary N) is 1. The van der Waals surface area contributed by atoms with E-state index in [0.29, 0.717) is 10.9 Å². The Morgan fingerprint density at radius 2 is 2.19 bits per heavy atom. The van der Waals surface area contributed by atoms with E-state index in [1.807, 2.05) is 12.3 Å². The maximum Gasteiger partial charge on any atom is 0.308 e. The lowest BCUT2D eigenvalue weighted by atomic mass is 10.3. The van der Waals surface area contributed by atoms with Crippen LogP contribution in [0.1, 0.15) is 23.2 Å². The number of thiazole rings is 2. The summed E-state index contributed by atoms with van der Waals surface area (Å²) in [6.07, 6.45) is 0.00738. The van der Waals surface area contributed by atoms with Gasteiger partial charge in [0.15, 0.2) is 9.47 Å². The van der Waals surface area contributed by atoms with Gasteiger partial charge in [-0.15, -0.1) is 22.7 Å². The third-order valence-corrected chi connectivity index (χ3v) is 5.50. The lowest BCUT2D eigenvalue weighted by Crippen LogP contribution is -2.05. The van der Waals surface area contributed by atoms with Crippen molar-refractivity contribution in [3.8, 4) is 0 Å². The van der Waals surface area contributed by atoms with Crippen molar-refractivity contribution < 1.29 is 14.7 Å². The molecule has 6 nitrogen and oxygen atoms in total. The largest absolute Gasteiger partial charge is 0.481 e. The first-order valence-corrected chi connectivity index (χ1v) is 8.65. The van der Waals surface area contributed by atoms with E-state index in [9.17, 15) is 9.59 Å². The molecule has 21 heavy (non-hydrogen) atoms. The van der Waals surface area contributed by atoms with Crippen molar-refractivity contribution in [1.29, 1.82) is 0 Å². The van der Waals surface area contributed by atoms with E-state index in [-0.39, 0.29) is 12.3 Å². The van der Waals surface area contributed by atoms with Crippen molar-refractivity contribution in [2.75, 3.05) is 5.32 Å². The number of carbonyl (C=O) groups excluding carboxylic acids is 1. The highest BCUT2D eigenvalue weighted by Crippen LogP contribution is 2.30. The number of aryl methyl sites for hydroxylation is 1. The van der Waals surface area contributed by atoms with Gasteiger partial charge >= 0.3 is 5.97 Å². The Morgan fingerprint density at radius 1 is 1.43 bits per heavy atom. The number of rotatable bonds is 6. The van der Waals surface area contributed by atoms with Crippen molar-refractivity contribution in [3.63, 3.8) is 0 Å². The fourth-order valence-electron chi connectivity index (χ4n) is 1.48. The molecule has 0 fully saturated rings. The Kier molecular flexibility index (Phi) is 5.32. The highest BCUT2D eigenvalue weighted by molar-refractivity contribution is 8.00. The average molecular weight is 343 g/mol. The summed E-state index contributed by atoms with van der Waals surface area (Å²) in [7, 11) is 0. The summed E-state index contributed by atoms with van der Waals surface area (Å²) in [6, 6.07) is 0. The van der Waals surface area contributed by atoms with E-state index in [0.717, 1.165) is 20.6 Å². The Bertz CT molecular complexity index is 666. The molecule has 2 heterocycles. The normalized spacial score (nSPS) is 10.6. The van der Waals surface area contributed by atoms with Gasteiger partial charge in [0, 0.05) is 22.9 Å². The number of amides is 1. The van der Waals surface area contributed by atoms with Gasteiger partial charge in [0.2, 0.25) is 5.91 Å². The number of aliphatic carboxylic acids is 1. The van der Waals surface area contributed by atoms with Gasteiger partial charge in [-0.1, -0.05) is 11.8 Å². The molecule has 0 saturated heterocycles. The van der Waals surface area contributed by atoms with E-state index in [1.54, 1.807) is 0 Å². The topological polar surface area (TPSA) is 92.2 Å². The molecule has 0 unspecified atom stereocenters. The fraction of sp³-hybridized carbons (Fsp3) is 0.333. The standard InChI is InChI=1S/C12H13N3O3S3/c1-6-9(3-10(17)18)21-12(13-6)20-5-8-4-19-11(15-8)14-7(2)16/h4H,3,5H2,1-2H3,(H,17,18)(H,14,15,16). The minimum Gasteiger partial charge on any atom is -0.481 e. The number of carbonyl (C=O) groups is 2. The molecule has 0 radical (unpaired) electrons. The maximum atomic E-state index is 10.9. The van der Waals surface area contributed by atoms with Crippen molar-refractivity contribution in [2.24, 2.45) is 0 Å². The summed E-state index contributed by atoms with van der Waals surface area (Å²) >= 11 is 4.29. The van der Waals surface area contributed by atoms with Crippen LogP contribution in [0, 0.1) is 6.92 Å². The number of hydrogen-bond acceptors (Lipinski definition) is 7. The predicted octanol–water partition coefficient (Wildman–Crippen LogP) is 2.79. The van der Waals surface area contributed by atoms with Crippen LogP contribution in [0.4, 0.5) is 5.13 Å². The molecule has 1 amide bonds. The van der Waals surface area contributed by atoms with Gasteiger partial charge in [-0.2, -0.15) is 0 Å². The van der Waals surface area contributed by atoms with Crippen LogP contribution in [0.2, 0.25) is 0 Å². The second-order valence-electron chi connectivity index (χ2n) is 4.17. The van der Waals surface area contributed by atoms with Gasteiger partial charge < -0.3 is 10.4 Å². The van der Waals surface area contributed by atoms with E-state index in [1.165, 1.54) is 41.4 Å². The zero-order valence-corrected chi connectivity index (χ0v) is 13.8. The summed E-state index contributed by atoms with van der Waals surface area (Å²) in [5.41, 5.74) is 1.63. The number of carboxylic acid groups (broad SMARTS) is 1. The van der Waals surface area contributed by atoms with Crippen LogP contribution in [0.5, 0.6) is 0 Å². The summed E-state index contributed by atoms with van der Waals surface area (Å²) in [6.45, 7) is 3.26. The predicted molar refractivity (Wildman–Crippen MR) is 84.2 cm³/mol. The van der Waals surface area contributed by atoms with Crippen LogP contribution >= 0.6 is 34.4 Å².